The smallest absolute Gasteiger partial charge is 0.171 e. The van der Waals surface area contributed by atoms with Crippen molar-refractivity contribution in [2.75, 3.05) is 0 Å². The van der Waals surface area contributed by atoms with Gasteiger partial charge in [0.05, 0.1) is 5.66 Å². The summed E-state index contributed by atoms with van der Waals surface area (Å²) < 4.78 is 0. The normalized spacial score (nSPS) is 13.0. The Balaban J connectivity index is 3.71. The molecule has 2 radical (unpaired) electrons. The maximum absolute atomic E-state index is 5.39. The zero-order valence-corrected chi connectivity index (χ0v) is 6.66. The lowest BCUT2D eigenvalue weighted by molar-refractivity contribution is 0.253. The van der Waals surface area contributed by atoms with Gasteiger partial charge in [0.15, 0.2) is 7.85 Å². The van der Waals surface area contributed by atoms with Gasteiger partial charge in [-0.2, -0.15) is 0 Å². The van der Waals surface area contributed by atoms with E-state index in [9.17, 15) is 0 Å². The van der Waals surface area contributed by atoms with Gasteiger partial charge in [-0.1, -0.05) is 25.1 Å². The molecule has 3 heteroatoms. The summed E-state index contributed by atoms with van der Waals surface area (Å²) in [6.45, 7) is 5.81. The van der Waals surface area contributed by atoms with E-state index in [2.05, 4.69) is 5.16 Å². The molecule has 0 saturated heterocycles. The molecule has 2 nitrogen and oxygen atoms in total. The second-order valence-electron chi connectivity index (χ2n) is 2.27. The van der Waals surface area contributed by atoms with Crippen LogP contribution in [0.15, 0.2) is 16.9 Å². The van der Waals surface area contributed by atoms with Crippen molar-refractivity contribution in [3.8, 4) is 0 Å². The van der Waals surface area contributed by atoms with Crippen molar-refractivity contribution < 1.29 is 4.84 Å². The SMILES string of the molecule is [B]/C(=C\C(C)C)O/N=C\C. The van der Waals surface area contributed by atoms with Crippen LogP contribution < -0.4 is 0 Å². The highest BCUT2D eigenvalue weighted by Crippen LogP contribution is 1.99. The third-order valence-corrected chi connectivity index (χ3v) is 0.761. The van der Waals surface area contributed by atoms with Gasteiger partial charge in [-0.25, -0.2) is 0 Å². The van der Waals surface area contributed by atoms with Gasteiger partial charge in [0.25, 0.3) is 0 Å². The molecule has 0 atom stereocenters. The Hall–Kier alpha value is -0.725. The van der Waals surface area contributed by atoms with Crippen LogP contribution in [-0.4, -0.2) is 14.1 Å². The molecule has 0 unspecified atom stereocenters. The van der Waals surface area contributed by atoms with E-state index in [0.717, 1.165) is 0 Å². The summed E-state index contributed by atoms with van der Waals surface area (Å²) in [5.74, 6) is 0.395. The van der Waals surface area contributed by atoms with E-state index >= 15 is 0 Å². The Morgan fingerprint density at radius 2 is 2.20 bits per heavy atom. The average Bonchev–Trinajstić information content (AvgIpc) is 1.82. The number of allylic oxidation sites excluding steroid dienone is 1. The molecule has 0 aromatic rings. The Kier molecular flexibility index (Phi) is 4.72. The highest BCUT2D eigenvalue weighted by atomic mass is 16.6. The minimum atomic E-state index is 0.355. The van der Waals surface area contributed by atoms with Crippen LogP contribution in [0.4, 0.5) is 0 Å². The zero-order valence-electron chi connectivity index (χ0n) is 6.66. The van der Waals surface area contributed by atoms with E-state index in [1.807, 2.05) is 13.8 Å². The summed E-state index contributed by atoms with van der Waals surface area (Å²) in [6, 6.07) is 0. The van der Waals surface area contributed by atoms with Crippen LogP contribution in [0, 0.1) is 5.92 Å². The Bertz CT molecular complexity index is 141. The average molecular weight is 137 g/mol. The van der Waals surface area contributed by atoms with Gasteiger partial charge in [0, 0.05) is 6.21 Å². The Labute approximate surface area is 63.4 Å². The molecular weight excluding hydrogens is 125 g/mol. The number of rotatable bonds is 3. The molecule has 0 N–H and O–H groups in total. The van der Waals surface area contributed by atoms with Gasteiger partial charge < -0.3 is 4.84 Å². The van der Waals surface area contributed by atoms with E-state index in [1.54, 1.807) is 19.2 Å². The number of hydrogen-bond donors (Lipinski definition) is 0. The van der Waals surface area contributed by atoms with Gasteiger partial charge in [0.1, 0.15) is 0 Å². The highest BCUT2D eigenvalue weighted by molar-refractivity contribution is 6.20. The topological polar surface area (TPSA) is 21.6 Å². The largest absolute Gasteiger partial charge is 0.374 e. The first-order valence-corrected chi connectivity index (χ1v) is 3.29. The van der Waals surface area contributed by atoms with Gasteiger partial charge in [0.2, 0.25) is 0 Å². The Morgan fingerprint density at radius 1 is 1.60 bits per heavy atom. The van der Waals surface area contributed by atoms with E-state index in [4.69, 9.17) is 12.7 Å². The second kappa shape index (κ2) is 5.09. The van der Waals surface area contributed by atoms with Crippen molar-refractivity contribution in [3.05, 3.63) is 11.7 Å². The summed E-state index contributed by atoms with van der Waals surface area (Å²) in [5, 5.41) is 3.51. The maximum Gasteiger partial charge on any atom is 0.171 e. The van der Waals surface area contributed by atoms with Crippen molar-refractivity contribution in [2.45, 2.75) is 20.8 Å². The van der Waals surface area contributed by atoms with E-state index < -0.39 is 0 Å². The van der Waals surface area contributed by atoms with Crippen LogP contribution in [0.25, 0.3) is 0 Å². The molecule has 0 aliphatic carbocycles. The molecule has 0 heterocycles. The number of oxime groups is 1. The molecule has 0 spiro atoms. The monoisotopic (exact) mass is 137 g/mol. The van der Waals surface area contributed by atoms with Crippen molar-refractivity contribution in [2.24, 2.45) is 11.1 Å². The lowest BCUT2D eigenvalue weighted by Crippen LogP contribution is -1.88. The van der Waals surface area contributed by atoms with Crippen molar-refractivity contribution in [3.63, 3.8) is 0 Å². The zero-order chi connectivity index (χ0) is 7.98. The lowest BCUT2D eigenvalue weighted by atomic mass is 10.0. The molecule has 10 heavy (non-hydrogen) atoms. The predicted octanol–water partition coefficient (Wildman–Crippen LogP) is 1.67. The predicted molar refractivity (Wildman–Crippen MR) is 43.9 cm³/mol. The van der Waals surface area contributed by atoms with Crippen LogP contribution in [0.5, 0.6) is 0 Å². The molecule has 0 saturated carbocycles. The summed E-state index contributed by atoms with van der Waals surface area (Å²) in [6.07, 6.45) is 3.34. The fourth-order valence-corrected chi connectivity index (χ4v) is 0.473. The van der Waals surface area contributed by atoms with Crippen LogP contribution in [0.2, 0.25) is 0 Å². The van der Waals surface area contributed by atoms with Gasteiger partial charge in [-0.05, 0) is 12.8 Å². The van der Waals surface area contributed by atoms with Crippen LogP contribution >= 0.6 is 0 Å². The summed E-state index contributed by atoms with van der Waals surface area (Å²) in [7, 11) is 5.39. The fourth-order valence-electron chi connectivity index (χ4n) is 0.473. The molecule has 0 aliphatic rings. The van der Waals surface area contributed by atoms with Gasteiger partial charge >= 0.3 is 0 Å². The maximum atomic E-state index is 5.39. The fraction of sp³-hybridized carbons (Fsp3) is 0.571. The molecule has 0 rings (SSSR count). The standard InChI is InChI=1S/C7H12BNO/c1-4-9-10-7(8)5-6(2)3/h4-6H,1-3H3/b7-5+,9-4-. The molecule has 0 fully saturated rings. The first-order chi connectivity index (χ1) is 4.66. The third kappa shape index (κ3) is 5.41. The summed E-state index contributed by atoms with van der Waals surface area (Å²) >= 11 is 0. The molecule has 54 valence electrons. The van der Waals surface area contributed by atoms with Crippen molar-refractivity contribution in [1.82, 2.24) is 0 Å². The quantitative estimate of drug-likeness (QED) is 0.251. The molecule has 0 aromatic heterocycles. The van der Waals surface area contributed by atoms with Gasteiger partial charge in [-0.15, -0.1) is 0 Å². The number of nitrogens with zero attached hydrogens (tertiary/aromatic N) is 1. The summed E-state index contributed by atoms with van der Waals surface area (Å²) in [4.78, 5) is 4.71. The number of hydrogen-bond acceptors (Lipinski definition) is 2. The first kappa shape index (κ1) is 9.27. The molecular formula is C7H12BNO. The second-order valence-corrected chi connectivity index (χ2v) is 2.27. The Morgan fingerprint density at radius 3 is 2.60 bits per heavy atom. The van der Waals surface area contributed by atoms with E-state index in [0.29, 0.717) is 11.6 Å². The van der Waals surface area contributed by atoms with Crippen molar-refractivity contribution in [1.29, 1.82) is 0 Å². The molecule has 0 aliphatic heterocycles. The third-order valence-electron chi connectivity index (χ3n) is 0.761. The molecule has 0 aromatic carbocycles. The van der Waals surface area contributed by atoms with Gasteiger partial charge in [-0.3, -0.25) is 0 Å². The highest BCUT2D eigenvalue weighted by Gasteiger charge is 1.89. The van der Waals surface area contributed by atoms with E-state index in [1.165, 1.54) is 0 Å². The molecule has 0 amide bonds. The molecule has 0 bridgehead atoms. The summed E-state index contributed by atoms with van der Waals surface area (Å²) in [5.41, 5.74) is 0.355. The van der Waals surface area contributed by atoms with Crippen LogP contribution in [0.1, 0.15) is 20.8 Å². The lowest BCUT2D eigenvalue weighted by Gasteiger charge is -1.99. The minimum Gasteiger partial charge on any atom is -0.374 e. The van der Waals surface area contributed by atoms with Crippen molar-refractivity contribution >= 4 is 14.1 Å². The van der Waals surface area contributed by atoms with E-state index in [-0.39, 0.29) is 0 Å². The van der Waals surface area contributed by atoms with Crippen LogP contribution in [-0.2, 0) is 4.84 Å². The minimum absolute atomic E-state index is 0.355. The van der Waals surface area contributed by atoms with Crippen LogP contribution in [0.3, 0.4) is 0 Å². The first-order valence-electron chi connectivity index (χ1n) is 3.29.